The standard InChI is InChI=1S/C14H16FN3O/c1-3-12-6-13(18(4-2)17-12)7-14(19)10-5-11(15)9-16-8-10/h5-6,8-9H,3-4,7H2,1-2H3. The second-order valence-corrected chi connectivity index (χ2v) is 4.29. The van der Waals surface area contributed by atoms with Gasteiger partial charge in [0.25, 0.3) is 0 Å². The van der Waals surface area contributed by atoms with Crippen molar-refractivity contribution < 1.29 is 9.18 Å². The lowest BCUT2D eigenvalue weighted by Crippen LogP contribution is -2.10. The smallest absolute Gasteiger partial charge is 0.170 e. The van der Waals surface area contributed by atoms with E-state index >= 15 is 0 Å². The minimum atomic E-state index is -0.496. The number of nitrogens with zero attached hydrogens (tertiary/aromatic N) is 3. The summed E-state index contributed by atoms with van der Waals surface area (Å²) in [4.78, 5) is 15.8. The molecule has 0 saturated heterocycles. The molecule has 5 heteroatoms. The largest absolute Gasteiger partial charge is 0.294 e. The van der Waals surface area contributed by atoms with E-state index in [2.05, 4.69) is 10.1 Å². The minimum absolute atomic E-state index is 0.149. The van der Waals surface area contributed by atoms with Crippen LogP contribution in [0.4, 0.5) is 4.39 Å². The maximum absolute atomic E-state index is 13.0. The van der Waals surface area contributed by atoms with E-state index in [1.165, 1.54) is 12.3 Å². The van der Waals surface area contributed by atoms with Crippen molar-refractivity contribution in [1.29, 1.82) is 0 Å². The van der Waals surface area contributed by atoms with Crippen LogP contribution in [-0.2, 0) is 19.4 Å². The van der Waals surface area contributed by atoms with E-state index in [-0.39, 0.29) is 12.2 Å². The highest BCUT2D eigenvalue weighted by Gasteiger charge is 2.13. The molecule has 0 aliphatic heterocycles. The average molecular weight is 261 g/mol. The van der Waals surface area contributed by atoms with Gasteiger partial charge < -0.3 is 0 Å². The van der Waals surface area contributed by atoms with Crippen molar-refractivity contribution in [3.05, 3.63) is 47.3 Å². The van der Waals surface area contributed by atoms with Gasteiger partial charge in [0.05, 0.1) is 18.3 Å². The number of ketones is 1. The van der Waals surface area contributed by atoms with Crippen LogP contribution < -0.4 is 0 Å². The Morgan fingerprint density at radius 3 is 2.74 bits per heavy atom. The molecule has 0 aromatic carbocycles. The van der Waals surface area contributed by atoms with E-state index in [9.17, 15) is 9.18 Å². The summed E-state index contributed by atoms with van der Waals surface area (Å²) < 4.78 is 14.8. The van der Waals surface area contributed by atoms with Crippen LogP contribution in [0, 0.1) is 5.82 Å². The average Bonchev–Trinajstić information content (AvgIpc) is 2.81. The number of Topliss-reactive ketones (excluding diaryl/α,β-unsaturated/α-hetero) is 1. The Balaban J connectivity index is 2.21. The van der Waals surface area contributed by atoms with Crippen LogP contribution in [0.5, 0.6) is 0 Å². The maximum Gasteiger partial charge on any atom is 0.170 e. The van der Waals surface area contributed by atoms with Crippen molar-refractivity contribution in [2.75, 3.05) is 0 Å². The molecule has 0 unspecified atom stereocenters. The predicted molar refractivity (Wildman–Crippen MR) is 69.5 cm³/mol. The van der Waals surface area contributed by atoms with Crippen molar-refractivity contribution in [3.63, 3.8) is 0 Å². The molecule has 2 rings (SSSR count). The summed E-state index contributed by atoms with van der Waals surface area (Å²) in [6.07, 6.45) is 3.52. The molecule has 100 valence electrons. The molecule has 0 radical (unpaired) electrons. The molecule has 0 fully saturated rings. The van der Waals surface area contributed by atoms with E-state index in [1.54, 1.807) is 0 Å². The summed E-state index contributed by atoms with van der Waals surface area (Å²) in [7, 11) is 0. The van der Waals surface area contributed by atoms with Crippen molar-refractivity contribution in [3.8, 4) is 0 Å². The second kappa shape index (κ2) is 5.73. The Morgan fingerprint density at radius 1 is 1.32 bits per heavy atom. The minimum Gasteiger partial charge on any atom is -0.294 e. The Labute approximate surface area is 111 Å². The van der Waals surface area contributed by atoms with Crippen LogP contribution in [0.3, 0.4) is 0 Å². The number of aromatic nitrogens is 3. The van der Waals surface area contributed by atoms with E-state index in [0.717, 1.165) is 24.0 Å². The molecule has 0 amide bonds. The highest BCUT2D eigenvalue weighted by atomic mass is 19.1. The molecule has 0 atom stereocenters. The zero-order chi connectivity index (χ0) is 13.8. The topological polar surface area (TPSA) is 47.8 Å². The van der Waals surface area contributed by atoms with Crippen molar-refractivity contribution in [2.45, 2.75) is 33.2 Å². The Morgan fingerprint density at radius 2 is 2.11 bits per heavy atom. The monoisotopic (exact) mass is 261 g/mol. The van der Waals surface area contributed by atoms with Crippen molar-refractivity contribution in [2.24, 2.45) is 0 Å². The summed E-state index contributed by atoms with van der Waals surface area (Å²) in [5.41, 5.74) is 2.11. The zero-order valence-corrected chi connectivity index (χ0v) is 11.1. The molecule has 0 spiro atoms. The highest BCUT2D eigenvalue weighted by molar-refractivity contribution is 5.97. The molecule has 0 saturated carbocycles. The summed E-state index contributed by atoms with van der Waals surface area (Å²) in [5, 5.41) is 4.39. The molecule has 2 heterocycles. The number of carbonyl (C=O) groups is 1. The number of aryl methyl sites for hydroxylation is 2. The van der Waals surface area contributed by atoms with Gasteiger partial charge in [0.1, 0.15) is 5.82 Å². The van der Waals surface area contributed by atoms with Crippen molar-refractivity contribution >= 4 is 5.78 Å². The van der Waals surface area contributed by atoms with Crippen LogP contribution in [-0.4, -0.2) is 20.5 Å². The fourth-order valence-electron chi connectivity index (χ4n) is 1.93. The summed E-state index contributed by atoms with van der Waals surface area (Å²) in [5.74, 6) is -0.645. The lowest BCUT2D eigenvalue weighted by molar-refractivity contribution is 0.0989. The molecule has 0 bridgehead atoms. The molecule has 0 aliphatic rings. The Bertz CT molecular complexity index is 592. The summed E-state index contributed by atoms with van der Waals surface area (Å²) in [6.45, 7) is 4.71. The fraction of sp³-hybridized carbons (Fsp3) is 0.357. The lowest BCUT2D eigenvalue weighted by Gasteiger charge is -2.04. The highest BCUT2D eigenvalue weighted by Crippen LogP contribution is 2.11. The third-order valence-corrected chi connectivity index (χ3v) is 2.94. The number of halogens is 1. The molecule has 2 aromatic rings. The molecule has 0 aliphatic carbocycles. The van der Waals surface area contributed by atoms with Gasteiger partial charge in [0, 0.05) is 24.0 Å². The van der Waals surface area contributed by atoms with E-state index in [4.69, 9.17) is 0 Å². The van der Waals surface area contributed by atoms with E-state index < -0.39 is 5.82 Å². The van der Waals surface area contributed by atoms with E-state index in [0.29, 0.717) is 12.1 Å². The fourth-order valence-corrected chi connectivity index (χ4v) is 1.93. The third-order valence-electron chi connectivity index (χ3n) is 2.94. The second-order valence-electron chi connectivity index (χ2n) is 4.29. The summed E-state index contributed by atoms with van der Waals surface area (Å²) in [6, 6.07) is 3.14. The number of pyridine rings is 1. The van der Waals surface area contributed by atoms with Gasteiger partial charge in [-0.05, 0) is 25.5 Å². The van der Waals surface area contributed by atoms with Gasteiger partial charge in [-0.1, -0.05) is 6.92 Å². The van der Waals surface area contributed by atoms with Crippen LogP contribution in [0.15, 0.2) is 24.5 Å². The molecular formula is C14H16FN3O. The van der Waals surface area contributed by atoms with Gasteiger partial charge in [-0.3, -0.25) is 14.5 Å². The first-order chi connectivity index (χ1) is 9.13. The van der Waals surface area contributed by atoms with Gasteiger partial charge in [0.15, 0.2) is 5.78 Å². The first kappa shape index (κ1) is 13.4. The van der Waals surface area contributed by atoms with Crippen LogP contribution in [0.2, 0.25) is 0 Å². The maximum atomic E-state index is 13.0. The molecule has 0 N–H and O–H groups in total. The number of rotatable bonds is 5. The van der Waals surface area contributed by atoms with Crippen molar-refractivity contribution in [1.82, 2.24) is 14.8 Å². The van der Waals surface area contributed by atoms with Gasteiger partial charge in [-0.15, -0.1) is 0 Å². The Hall–Kier alpha value is -2.04. The summed E-state index contributed by atoms with van der Waals surface area (Å²) >= 11 is 0. The molecular weight excluding hydrogens is 245 g/mol. The lowest BCUT2D eigenvalue weighted by atomic mass is 10.1. The first-order valence-corrected chi connectivity index (χ1v) is 6.33. The molecule has 2 aromatic heterocycles. The number of carbonyl (C=O) groups excluding carboxylic acids is 1. The normalized spacial score (nSPS) is 10.7. The van der Waals surface area contributed by atoms with Gasteiger partial charge in [-0.2, -0.15) is 5.10 Å². The quantitative estimate of drug-likeness (QED) is 0.777. The van der Waals surface area contributed by atoms with Crippen LogP contribution >= 0.6 is 0 Å². The predicted octanol–water partition coefficient (Wildman–Crippen LogP) is 2.42. The SMILES string of the molecule is CCc1cc(CC(=O)c2cncc(F)c2)n(CC)n1. The van der Waals surface area contributed by atoms with E-state index in [1.807, 2.05) is 24.6 Å². The van der Waals surface area contributed by atoms with Gasteiger partial charge >= 0.3 is 0 Å². The zero-order valence-electron chi connectivity index (χ0n) is 11.1. The third kappa shape index (κ3) is 3.05. The van der Waals surface area contributed by atoms with Crippen LogP contribution in [0.1, 0.15) is 35.6 Å². The first-order valence-electron chi connectivity index (χ1n) is 6.33. The van der Waals surface area contributed by atoms with Gasteiger partial charge in [-0.25, -0.2) is 4.39 Å². The van der Waals surface area contributed by atoms with Gasteiger partial charge in [0.2, 0.25) is 0 Å². The van der Waals surface area contributed by atoms with Crippen LogP contribution in [0.25, 0.3) is 0 Å². The molecule has 19 heavy (non-hydrogen) atoms. The number of hydrogen-bond donors (Lipinski definition) is 0. The molecule has 4 nitrogen and oxygen atoms in total. The Kier molecular flexibility index (Phi) is 4.04. The number of hydrogen-bond acceptors (Lipinski definition) is 3.